The van der Waals surface area contributed by atoms with Crippen LogP contribution in [0.2, 0.25) is 39.3 Å². The van der Waals surface area contributed by atoms with E-state index in [-0.39, 0.29) is 37.0 Å². The van der Waals surface area contributed by atoms with Gasteiger partial charge in [-0.2, -0.15) is 5.26 Å². The van der Waals surface area contributed by atoms with Crippen molar-refractivity contribution >= 4 is 57.3 Å². The third-order valence-corrected chi connectivity index (χ3v) is 20.3. The Hall–Kier alpha value is -1.93. The molecule has 1 N–H and O–H groups in total. The number of nitrogens with one attached hydrogen (secondary N) is 1. The van der Waals surface area contributed by atoms with Crippen LogP contribution in [0.4, 0.5) is 10.6 Å². The molecule has 2 fully saturated rings. The fourth-order valence-electron chi connectivity index (χ4n) is 7.71. The highest BCUT2D eigenvalue weighted by atomic mass is 31.2. The van der Waals surface area contributed by atoms with Crippen molar-refractivity contribution in [2.75, 3.05) is 19.0 Å². The Morgan fingerprint density at radius 3 is 2.05 bits per heavy atom. The van der Waals surface area contributed by atoms with Gasteiger partial charge in [0.1, 0.15) is 24.3 Å². The van der Waals surface area contributed by atoms with Crippen LogP contribution in [-0.4, -0.2) is 106 Å². The normalized spacial score (nSPS) is 21.4. The van der Waals surface area contributed by atoms with Crippen molar-refractivity contribution < 1.29 is 40.4 Å². The van der Waals surface area contributed by atoms with E-state index in [1.165, 1.54) is 51.3 Å². The molecule has 61 heavy (non-hydrogen) atoms. The number of imidazole rings is 1. The number of amides is 1. The van der Waals surface area contributed by atoms with Gasteiger partial charge in [0, 0.05) is 25.6 Å². The van der Waals surface area contributed by atoms with E-state index in [9.17, 15) is 4.79 Å². The van der Waals surface area contributed by atoms with Crippen LogP contribution < -0.4 is 5.32 Å². The molecule has 2 aromatic rings. The fourth-order valence-corrected chi connectivity index (χ4v) is 17.8. The topological polar surface area (TPSA) is 174 Å². The molecule has 1 aliphatic carbocycles. The zero-order chi connectivity index (χ0) is 45.0. The molecule has 0 radical (unpaired) electrons. The molecular formula is C41H76N7O9PSi3. The molecule has 16 nitrogen and oxygen atoms in total. The number of fused-ring (bicyclic) bond motifs is 1. The van der Waals surface area contributed by atoms with Gasteiger partial charge in [-0.15, -0.1) is 0 Å². The van der Waals surface area contributed by atoms with Gasteiger partial charge >= 0.3 is 15.1 Å². The van der Waals surface area contributed by atoms with Gasteiger partial charge in [0.15, 0.2) is 33.6 Å². The molecule has 3 heterocycles. The Balaban J connectivity index is 1.69. The molecule has 1 unspecified atom stereocenters. The number of ether oxygens (including phenoxy) is 2. The van der Waals surface area contributed by atoms with E-state index < -0.39 is 64.3 Å². The van der Waals surface area contributed by atoms with Crippen LogP contribution in [0, 0.1) is 11.3 Å². The third-order valence-electron chi connectivity index (χ3n) is 10.2. The predicted molar refractivity (Wildman–Crippen MR) is 245 cm³/mol. The van der Waals surface area contributed by atoms with Crippen molar-refractivity contribution in [1.82, 2.24) is 24.2 Å². The lowest BCUT2D eigenvalue weighted by molar-refractivity contribution is -0.0682. The first-order valence-corrected chi connectivity index (χ1v) is 31.9. The maximum atomic E-state index is 12.9. The molecule has 1 saturated carbocycles. The molecule has 2 aliphatic rings. The van der Waals surface area contributed by atoms with Gasteiger partial charge in [0.25, 0.3) is 8.53 Å². The molecule has 20 heteroatoms. The van der Waals surface area contributed by atoms with E-state index in [1.54, 1.807) is 27.3 Å². The molecule has 0 aromatic carbocycles. The number of nitrogens with zero attached hydrogens (tertiary/aromatic N) is 6. The first-order chi connectivity index (χ1) is 28.6. The second-order valence-corrected chi connectivity index (χ2v) is 32.5. The van der Waals surface area contributed by atoms with Gasteiger partial charge in [-0.05, 0) is 93.7 Å². The predicted octanol–water partition coefficient (Wildman–Crippen LogP) is 10.6. The summed E-state index contributed by atoms with van der Waals surface area (Å²) in [5, 5.41) is 11.8. The summed E-state index contributed by atoms with van der Waals surface area (Å²) in [6.45, 7) is 24.9. The summed E-state index contributed by atoms with van der Waals surface area (Å²) in [7, 11) is -8.17. The quantitative estimate of drug-likeness (QED) is 0.104. The zero-order valence-corrected chi connectivity index (χ0v) is 43.2. The van der Waals surface area contributed by atoms with E-state index in [0.29, 0.717) is 17.6 Å². The zero-order valence-electron chi connectivity index (χ0n) is 39.3. The highest BCUT2D eigenvalue weighted by Gasteiger charge is 2.54. The number of hydrogen-bond donors (Lipinski definition) is 1. The Kier molecular flexibility index (Phi) is 19.8. The molecule has 1 amide bonds. The number of carbonyl (C=O) groups is 1. The average molecular weight is 926 g/mol. The van der Waals surface area contributed by atoms with Gasteiger partial charge in [-0.25, -0.2) is 24.4 Å². The van der Waals surface area contributed by atoms with Crippen LogP contribution in [0.25, 0.3) is 11.2 Å². The van der Waals surface area contributed by atoms with E-state index in [2.05, 4.69) is 91.9 Å². The van der Waals surface area contributed by atoms with E-state index in [1.807, 2.05) is 10.6 Å². The Bertz CT molecular complexity index is 1670. The smallest absolute Gasteiger partial charge is 0.442 e. The first kappa shape index (κ1) is 51.7. The van der Waals surface area contributed by atoms with Crippen molar-refractivity contribution in [3.8, 4) is 6.07 Å². The molecule has 0 bridgehead atoms. The van der Waals surface area contributed by atoms with E-state index in [0.717, 1.165) is 25.7 Å². The third kappa shape index (κ3) is 16.5. The van der Waals surface area contributed by atoms with Crippen molar-refractivity contribution in [1.29, 1.82) is 5.26 Å². The van der Waals surface area contributed by atoms with Crippen LogP contribution >= 0.6 is 8.53 Å². The minimum absolute atomic E-state index is 0.0313. The molecule has 2 aromatic heterocycles. The van der Waals surface area contributed by atoms with Gasteiger partial charge in [-0.1, -0.05) is 57.8 Å². The fraction of sp³-hybridized carbons (Fsp3) is 0.829. The second-order valence-electron chi connectivity index (χ2n) is 19.4. The molecule has 1 saturated heterocycles. The Labute approximate surface area is 370 Å². The van der Waals surface area contributed by atoms with Gasteiger partial charge in [0.2, 0.25) is 0 Å². The van der Waals surface area contributed by atoms with Gasteiger partial charge in [-0.3, -0.25) is 9.88 Å². The molecule has 0 spiro atoms. The van der Waals surface area contributed by atoms with Crippen LogP contribution in [-0.2, 0) is 35.6 Å². The SMILES string of the molecule is COP(O[C@H]1C[C@H](n2cnc3c(NC(=O)OC(C)(C)CC#N)ncnc32)O[C@@H]1CO[Si](OC1CCCCCCCCCCC1)(O[Si](C)(C)C)O[Si](C)(C)C)N(C(C)C)C(C)C. The highest BCUT2D eigenvalue weighted by molar-refractivity contribution is 7.44. The maximum absolute atomic E-state index is 12.9. The molecule has 4 atom stereocenters. The second kappa shape index (κ2) is 23.3. The van der Waals surface area contributed by atoms with Crippen LogP contribution in [0.5, 0.6) is 0 Å². The van der Waals surface area contributed by atoms with E-state index in [4.69, 9.17) is 40.9 Å². The molecule has 346 valence electrons. The molecule has 4 rings (SSSR count). The van der Waals surface area contributed by atoms with Gasteiger partial charge in [0.05, 0.1) is 37.6 Å². The minimum Gasteiger partial charge on any atom is -0.442 e. The van der Waals surface area contributed by atoms with Crippen molar-refractivity contribution in [2.45, 2.75) is 207 Å². The van der Waals surface area contributed by atoms with Crippen molar-refractivity contribution in [3.63, 3.8) is 0 Å². The summed E-state index contributed by atoms with van der Waals surface area (Å²) in [4.78, 5) is 26.3. The van der Waals surface area contributed by atoms with Crippen molar-refractivity contribution in [2.24, 2.45) is 0 Å². The summed E-state index contributed by atoms with van der Waals surface area (Å²) in [6.07, 6.45) is 13.9. The summed E-state index contributed by atoms with van der Waals surface area (Å²) < 4.78 is 57.9. The molecular weight excluding hydrogens is 850 g/mol. The van der Waals surface area contributed by atoms with Gasteiger partial charge < -0.3 is 35.6 Å². The summed E-state index contributed by atoms with van der Waals surface area (Å²) in [6, 6.07) is 2.36. The first-order valence-electron chi connectivity index (χ1n) is 22.4. The number of nitriles is 1. The number of aromatic nitrogens is 4. The summed E-state index contributed by atoms with van der Waals surface area (Å²) >= 11 is 0. The summed E-state index contributed by atoms with van der Waals surface area (Å²) in [5.41, 5.74) is -0.188. The van der Waals surface area contributed by atoms with Crippen LogP contribution in [0.3, 0.4) is 0 Å². The highest BCUT2D eigenvalue weighted by Crippen LogP contribution is 2.49. The van der Waals surface area contributed by atoms with Crippen molar-refractivity contribution in [3.05, 3.63) is 12.7 Å². The largest absolute Gasteiger partial charge is 0.658 e. The average Bonchev–Trinajstić information content (AvgIpc) is 3.74. The minimum atomic E-state index is -3.78. The lowest BCUT2D eigenvalue weighted by Gasteiger charge is -2.40. The summed E-state index contributed by atoms with van der Waals surface area (Å²) in [5.74, 6) is 0.172. The number of anilines is 1. The Morgan fingerprint density at radius 1 is 0.951 bits per heavy atom. The number of rotatable bonds is 19. The lowest BCUT2D eigenvalue weighted by Crippen LogP contribution is -2.61. The van der Waals surface area contributed by atoms with Crippen LogP contribution in [0.1, 0.15) is 131 Å². The monoisotopic (exact) mass is 925 g/mol. The maximum Gasteiger partial charge on any atom is 0.658 e. The van der Waals surface area contributed by atoms with E-state index >= 15 is 0 Å². The lowest BCUT2D eigenvalue weighted by atomic mass is 10.00. The Morgan fingerprint density at radius 2 is 1.52 bits per heavy atom. The number of carbonyl (C=O) groups excluding carboxylic acids is 1. The number of hydrogen-bond acceptors (Lipinski definition) is 14. The molecule has 1 aliphatic heterocycles. The van der Waals surface area contributed by atoms with Crippen LogP contribution in [0.15, 0.2) is 12.7 Å². The standard InChI is InChI=1S/C41H76N7O9PSi3/c1-31(2)48(32(3)4)58(50-7)54-34-27-36(47-30-45-37-38(43-29-44-39(37)47)46-40(49)53-41(5,6)25-26-42)52-35(34)28-51-61(56-59(8,9)10,57-60(11,12)13)55-33-23-21-19-17-15-14-16-18-20-22-24-33/h29-36H,14-25,27-28H2,1-13H3,(H,43,44,46,49)/t34-,35+,36+,58?/m0/s1.